The van der Waals surface area contributed by atoms with Crippen LogP contribution in [0.3, 0.4) is 0 Å². The first-order valence-corrected chi connectivity index (χ1v) is 21.6. The summed E-state index contributed by atoms with van der Waals surface area (Å²) in [4.78, 5) is 2.37. The molecular weight excluding hydrogens is 741 g/mol. The van der Waals surface area contributed by atoms with Gasteiger partial charge in [-0.3, -0.25) is 0 Å². The number of benzene rings is 7. The fourth-order valence-electron chi connectivity index (χ4n) is 10.3. The van der Waals surface area contributed by atoms with Crippen molar-refractivity contribution in [1.82, 2.24) is 4.57 Å². The van der Waals surface area contributed by atoms with Crippen LogP contribution < -0.4 is 4.90 Å². The van der Waals surface area contributed by atoms with Crippen LogP contribution in [0.1, 0.15) is 44.2 Å². The van der Waals surface area contributed by atoms with Gasteiger partial charge in [0.2, 0.25) is 0 Å². The number of nitrogens with zero attached hydrogens (tertiary/aromatic N) is 2. The summed E-state index contributed by atoms with van der Waals surface area (Å²) in [6.45, 7) is 4.76. The van der Waals surface area contributed by atoms with Crippen molar-refractivity contribution in [3.8, 4) is 22.3 Å². The van der Waals surface area contributed by atoms with Crippen molar-refractivity contribution < 1.29 is 4.42 Å². The molecule has 0 N–H and O–H groups in total. The van der Waals surface area contributed by atoms with Crippen molar-refractivity contribution in [3.05, 3.63) is 211 Å². The largest absolute Gasteiger partial charge is 0.456 e. The fraction of sp³-hybridized carbons (Fsp3) is 0.103. The summed E-state index contributed by atoms with van der Waals surface area (Å²) in [5, 5.41) is 4.67. The zero-order valence-corrected chi connectivity index (χ0v) is 34.4. The average Bonchev–Trinajstić information content (AvgIpc) is 3.81. The summed E-state index contributed by atoms with van der Waals surface area (Å²) in [5.41, 5.74) is 19.1. The second-order valence-electron chi connectivity index (χ2n) is 17.1. The molecule has 0 atom stereocenters. The van der Waals surface area contributed by atoms with Crippen molar-refractivity contribution >= 4 is 72.1 Å². The molecule has 3 nitrogen and oxygen atoms in total. The maximum atomic E-state index is 6.62. The summed E-state index contributed by atoms with van der Waals surface area (Å²) in [6.07, 6.45) is 19.1. The van der Waals surface area contributed by atoms with E-state index in [1.165, 1.54) is 66.5 Å². The maximum Gasteiger partial charge on any atom is 0.137 e. The molecule has 0 saturated heterocycles. The monoisotopic (exact) mass is 784 g/mol. The lowest BCUT2D eigenvalue weighted by Crippen LogP contribution is -2.15. The topological polar surface area (TPSA) is 21.3 Å². The molecule has 12 rings (SSSR count). The fourth-order valence-corrected chi connectivity index (χ4v) is 10.3. The first kappa shape index (κ1) is 35.6. The molecule has 0 radical (unpaired) electrons. The number of rotatable bonds is 6. The quantitative estimate of drug-likeness (QED) is 0.167. The number of allylic oxidation sites excluding steroid dienone is 10. The predicted octanol–water partition coefficient (Wildman–Crippen LogP) is 16.2. The van der Waals surface area contributed by atoms with Gasteiger partial charge in [-0.2, -0.15) is 0 Å². The van der Waals surface area contributed by atoms with Gasteiger partial charge in [0.15, 0.2) is 0 Å². The van der Waals surface area contributed by atoms with E-state index in [1.54, 1.807) is 0 Å². The minimum absolute atomic E-state index is 0.00260. The minimum Gasteiger partial charge on any atom is -0.456 e. The third kappa shape index (κ3) is 5.64. The van der Waals surface area contributed by atoms with E-state index in [4.69, 9.17) is 4.42 Å². The lowest BCUT2D eigenvalue weighted by Gasteiger charge is -2.26. The molecule has 292 valence electrons. The molecule has 0 unspecified atom stereocenters. The van der Waals surface area contributed by atoms with E-state index < -0.39 is 0 Å². The summed E-state index contributed by atoms with van der Waals surface area (Å²) in [5.74, 6) is 0. The first-order chi connectivity index (χ1) is 30.0. The Morgan fingerprint density at radius 3 is 2.18 bits per heavy atom. The van der Waals surface area contributed by atoms with Crippen LogP contribution in [0.15, 0.2) is 204 Å². The molecule has 3 heteroatoms. The number of hydrogen-bond acceptors (Lipinski definition) is 2. The Kier molecular flexibility index (Phi) is 8.08. The molecule has 61 heavy (non-hydrogen) atoms. The summed E-state index contributed by atoms with van der Waals surface area (Å²) in [7, 11) is 0. The van der Waals surface area contributed by atoms with Crippen LogP contribution in [0.4, 0.5) is 17.1 Å². The van der Waals surface area contributed by atoms with Crippen LogP contribution >= 0.6 is 0 Å². The molecule has 0 fully saturated rings. The van der Waals surface area contributed by atoms with Gasteiger partial charge in [0.25, 0.3) is 0 Å². The number of aromatic nitrogens is 1. The van der Waals surface area contributed by atoms with Gasteiger partial charge in [0, 0.05) is 38.6 Å². The zero-order chi connectivity index (χ0) is 40.7. The standard InChI is InChI=1S/C58H44N2O/c1-58(2)50-21-12-10-19-45(50)46-32-27-41(37-51(46)58)38-25-30-44(31-26-38)59(42-15-8-5-9-16-42)54-23-14-24-56-57(54)49-36-40(29-34-55(49)61-56)39-28-33-53-48(35-39)47-20-11-13-22-52(47)60(53)43-17-6-3-4-7-18-43/h3,5-9,11,13-37H,4,10,12H2,1-2H3. The normalized spacial score (nSPS) is 15.5. The molecule has 0 bridgehead atoms. The maximum absolute atomic E-state index is 6.62. The van der Waals surface area contributed by atoms with Gasteiger partial charge >= 0.3 is 0 Å². The lowest BCUT2D eigenvalue weighted by atomic mass is 9.80. The van der Waals surface area contributed by atoms with Crippen LogP contribution in [0.5, 0.6) is 0 Å². The number of furan rings is 1. The molecular formula is C58H44N2O. The third-order valence-electron chi connectivity index (χ3n) is 13.2. The highest BCUT2D eigenvalue weighted by Gasteiger charge is 2.38. The highest BCUT2D eigenvalue weighted by Crippen LogP contribution is 2.52. The summed E-state index contributed by atoms with van der Waals surface area (Å²) in [6, 6.07) is 55.6. The van der Waals surface area contributed by atoms with E-state index >= 15 is 0 Å². The summed E-state index contributed by atoms with van der Waals surface area (Å²) >= 11 is 0. The molecule has 2 aromatic heterocycles. The Bertz CT molecular complexity index is 3400. The van der Waals surface area contributed by atoms with Gasteiger partial charge in [-0.1, -0.05) is 123 Å². The minimum atomic E-state index is 0.00260. The van der Waals surface area contributed by atoms with Crippen molar-refractivity contribution in [2.75, 3.05) is 4.90 Å². The van der Waals surface area contributed by atoms with E-state index in [1.807, 2.05) is 0 Å². The van der Waals surface area contributed by atoms with E-state index in [0.29, 0.717) is 0 Å². The SMILES string of the molecule is CC1(C)C2=CCCC=C2c2ccc(-c3ccc(N(c4ccccc4)c4cccc5oc6ccc(-c7ccc8c(c7)c7ccccc7n8C7=CC=CCC=C7)cc6c45)cc3)cc21. The van der Waals surface area contributed by atoms with Crippen molar-refractivity contribution in [1.29, 1.82) is 0 Å². The van der Waals surface area contributed by atoms with Gasteiger partial charge in [-0.15, -0.1) is 0 Å². The third-order valence-corrected chi connectivity index (χ3v) is 13.2. The van der Waals surface area contributed by atoms with E-state index in [0.717, 1.165) is 63.8 Å². The van der Waals surface area contributed by atoms with Crippen LogP contribution in [-0.2, 0) is 5.41 Å². The van der Waals surface area contributed by atoms with E-state index in [2.05, 4.69) is 218 Å². The number of anilines is 3. The highest BCUT2D eigenvalue weighted by molar-refractivity contribution is 6.15. The van der Waals surface area contributed by atoms with Gasteiger partial charge in [0.1, 0.15) is 11.2 Å². The average molecular weight is 785 g/mol. The Morgan fingerprint density at radius 2 is 1.30 bits per heavy atom. The second-order valence-corrected chi connectivity index (χ2v) is 17.1. The predicted molar refractivity (Wildman–Crippen MR) is 258 cm³/mol. The molecule has 9 aromatic rings. The Morgan fingerprint density at radius 1 is 0.574 bits per heavy atom. The van der Waals surface area contributed by atoms with Crippen LogP contribution in [0.25, 0.3) is 77.3 Å². The Labute approximate surface area is 356 Å². The van der Waals surface area contributed by atoms with Gasteiger partial charge < -0.3 is 13.9 Å². The smallest absolute Gasteiger partial charge is 0.137 e. The van der Waals surface area contributed by atoms with Gasteiger partial charge in [-0.05, 0) is 149 Å². The number of hydrogen-bond donors (Lipinski definition) is 0. The number of fused-ring (bicyclic) bond motifs is 9. The van der Waals surface area contributed by atoms with Crippen LogP contribution in [0.2, 0.25) is 0 Å². The Hall–Kier alpha value is -7.36. The second kappa shape index (κ2) is 13.9. The van der Waals surface area contributed by atoms with E-state index in [9.17, 15) is 0 Å². The molecule has 0 spiro atoms. The number of para-hydroxylation sites is 2. The molecule has 7 aromatic carbocycles. The van der Waals surface area contributed by atoms with Crippen molar-refractivity contribution in [3.63, 3.8) is 0 Å². The zero-order valence-electron chi connectivity index (χ0n) is 34.4. The highest BCUT2D eigenvalue weighted by atomic mass is 16.3. The lowest BCUT2D eigenvalue weighted by molar-refractivity contribution is 0.655. The van der Waals surface area contributed by atoms with Crippen molar-refractivity contribution in [2.45, 2.75) is 38.5 Å². The molecule has 0 aliphatic heterocycles. The van der Waals surface area contributed by atoms with Gasteiger partial charge in [0.05, 0.1) is 22.1 Å². The molecule has 2 heterocycles. The van der Waals surface area contributed by atoms with Crippen molar-refractivity contribution in [2.24, 2.45) is 0 Å². The first-order valence-electron chi connectivity index (χ1n) is 21.6. The Balaban J connectivity index is 0.965. The van der Waals surface area contributed by atoms with Crippen LogP contribution in [-0.4, -0.2) is 4.57 Å². The molecule has 3 aliphatic carbocycles. The van der Waals surface area contributed by atoms with E-state index in [-0.39, 0.29) is 5.41 Å². The molecule has 3 aliphatic rings. The molecule has 0 saturated carbocycles. The van der Waals surface area contributed by atoms with Gasteiger partial charge in [-0.25, -0.2) is 0 Å². The summed E-state index contributed by atoms with van der Waals surface area (Å²) < 4.78 is 9.01. The van der Waals surface area contributed by atoms with Crippen LogP contribution in [0, 0.1) is 0 Å². The molecule has 0 amide bonds.